The molecule has 1 aliphatic rings. The molecule has 1 aromatic carbocycles. The van der Waals surface area contributed by atoms with Crippen molar-refractivity contribution in [2.75, 3.05) is 29.9 Å². The van der Waals surface area contributed by atoms with Crippen LogP contribution in [0.5, 0.6) is 0 Å². The first kappa shape index (κ1) is 14.8. The van der Waals surface area contributed by atoms with E-state index in [9.17, 15) is 0 Å². The molecule has 2 aromatic rings. The molecule has 1 aliphatic heterocycles. The van der Waals surface area contributed by atoms with Crippen LogP contribution in [-0.2, 0) is 13.0 Å². The summed E-state index contributed by atoms with van der Waals surface area (Å²) in [6, 6.07) is 10.8. The van der Waals surface area contributed by atoms with Gasteiger partial charge in [0.05, 0.1) is 0 Å². The lowest BCUT2D eigenvalue weighted by atomic mass is 10.00. The van der Waals surface area contributed by atoms with Gasteiger partial charge < -0.3 is 9.80 Å². The normalized spacial score (nSPS) is 13.8. The summed E-state index contributed by atoms with van der Waals surface area (Å²) in [5.41, 5.74) is 2.88. The van der Waals surface area contributed by atoms with Crippen LogP contribution in [0.3, 0.4) is 0 Å². The van der Waals surface area contributed by atoms with Gasteiger partial charge >= 0.3 is 0 Å². The van der Waals surface area contributed by atoms with Crippen molar-refractivity contribution in [2.45, 2.75) is 32.7 Å². The molecule has 3 rings (SSSR count). The van der Waals surface area contributed by atoms with Gasteiger partial charge in [-0.05, 0) is 24.0 Å². The molecule has 0 amide bonds. The molecule has 0 spiro atoms. The molecule has 0 aliphatic carbocycles. The first-order chi connectivity index (χ1) is 10.8. The summed E-state index contributed by atoms with van der Waals surface area (Å²) < 4.78 is 0. The minimum absolute atomic E-state index is 0.936. The first-order valence-corrected chi connectivity index (χ1v) is 8.13. The van der Waals surface area contributed by atoms with Crippen LogP contribution in [0.4, 0.5) is 11.6 Å². The molecule has 0 N–H and O–H groups in total. The van der Waals surface area contributed by atoms with Gasteiger partial charge in [0.25, 0.3) is 0 Å². The Kier molecular flexibility index (Phi) is 4.56. The first-order valence-electron chi connectivity index (χ1n) is 8.13. The Morgan fingerprint density at radius 3 is 2.82 bits per heavy atom. The third kappa shape index (κ3) is 3.21. The predicted octanol–water partition coefficient (Wildman–Crippen LogP) is 3.28. The summed E-state index contributed by atoms with van der Waals surface area (Å²) in [5, 5.41) is 0. The quantitative estimate of drug-likeness (QED) is 0.847. The highest BCUT2D eigenvalue weighted by molar-refractivity contribution is 5.51. The molecule has 4 nitrogen and oxygen atoms in total. The Labute approximate surface area is 132 Å². The second kappa shape index (κ2) is 6.77. The van der Waals surface area contributed by atoms with Crippen molar-refractivity contribution in [3.05, 3.63) is 47.8 Å². The van der Waals surface area contributed by atoms with Crippen LogP contribution in [0.15, 0.2) is 36.7 Å². The summed E-state index contributed by atoms with van der Waals surface area (Å²) in [6.07, 6.45) is 5.16. The third-order valence-corrected chi connectivity index (χ3v) is 4.33. The van der Waals surface area contributed by atoms with Crippen molar-refractivity contribution >= 4 is 11.6 Å². The third-order valence-electron chi connectivity index (χ3n) is 4.33. The van der Waals surface area contributed by atoms with Crippen molar-refractivity contribution in [1.82, 2.24) is 9.97 Å². The van der Waals surface area contributed by atoms with E-state index in [0.29, 0.717) is 0 Å². The Hall–Kier alpha value is -2.10. The van der Waals surface area contributed by atoms with Gasteiger partial charge in [-0.2, -0.15) is 0 Å². The maximum absolute atomic E-state index is 4.49. The van der Waals surface area contributed by atoms with Crippen LogP contribution in [0.2, 0.25) is 0 Å². The van der Waals surface area contributed by atoms with E-state index >= 15 is 0 Å². The largest absolute Gasteiger partial charge is 0.360 e. The number of nitrogens with zero attached hydrogens (tertiary/aromatic N) is 4. The van der Waals surface area contributed by atoms with Gasteiger partial charge in [-0.15, -0.1) is 0 Å². The summed E-state index contributed by atoms with van der Waals surface area (Å²) in [4.78, 5) is 13.5. The van der Waals surface area contributed by atoms with E-state index in [0.717, 1.165) is 37.7 Å². The van der Waals surface area contributed by atoms with Crippen molar-refractivity contribution in [2.24, 2.45) is 0 Å². The zero-order valence-electron chi connectivity index (χ0n) is 13.5. The summed E-state index contributed by atoms with van der Waals surface area (Å²) >= 11 is 0. The van der Waals surface area contributed by atoms with Crippen molar-refractivity contribution in [3.63, 3.8) is 0 Å². The van der Waals surface area contributed by atoms with E-state index in [1.54, 1.807) is 6.33 Å². The summed E-state index contributed by atoms with van der Waals surface area (Å²) in [6.45, 7) is 5.21. The average Bonchev–Trinajstić information content (AvgIpc) is 2.59. The van der Waals surface area contributed by atoms with Gasteiger partial charge in [-0.25, -0.2) is 9.97 Å². The highest BCUT2D eigenvalue weighted by atomic mass is 15.2. The van der Waals surface area contributed by atoms with Crippen LogP contribution in [0.1, 0.15) is 30.9 Å². The molecule has 0 saturated heterocycles. The Bertz CT molecular complexity index is 626. The number of benzene rings is 1. The molecule has 1 aromatic heterocycles. The van der Waals surface area contributed by atoms with Crippen LogP contribution in [0.25, 0.3) is 0 Å². The monoisotopic (exact) mass is 296 g/mol. The minimum Gasteiger partial charge on any atom is -0.360 e. The van der Waals surface area contributed by atoms with E-state index in [2.05, 4.69) is 64.1 Å². The second-order valence-corrected chi connectivity index (χ2v) is 5.95. The van der Waals surface area contributed by atoms with Crippen molar-refractivity contribution in [3.8, 4) is 0 Å². The maximum atomic E-state index is 4.49. The van der Waals surface area contributed by atoms with E-state index in [4.69, 9.17) is 0 Å². The van der Waals surface area contributed by atoms with Crippen molar-refractivity contribution in [1.29, 1.82) is 0 Å². The lowest BCUT2D eigenvalue weighted by Crippen LogP contribution is -2.31. The van der Waals surface area contributed by atoms with Crippen LogP contribution in [0, 0.1) is 0 Å². The Balaban J connectivity index is 1.76. The standard InChI is InChI=1S/C18H24N4/c1-3-4-10-21(2)17-12-18(20-14-19-17)22-11-9-15-7-5-6-8-16(15)13-22/h5-8,12,14H,3-4,9-11,13H2,1-2H3. The topological polar surface area (TPSA) is 32.3 Å². The molecule has 0 atom stereocenters. The fourth-order valence-corrected chi connectivity index (χ4v) is 2.92. The fourth-order valence-electron chi connectivity index (χ4n) is 2.92. The molecule has 0 fully saturated rings. The molecule has 116 valence electrons. The number of hydrogen-bond acceptors (Lipinski definition) is 4. The summed E-state index contributed by atoms with van der Waals surface area (Å²) in [5.74, 6) is 2.04. The van der Waals surface area contributed by atoms with Gasteiger partial charge in [0.1, 0.15) is 18.0 Å². The lowest BCUT2D eigenvalue weighted by Gasteiger charge is -2.30. The lowest BCUT2D eigenvalue weighted by molar-refractivity contribution is 0.716. The predicted molar refractivity (Wildman–Crippen MR) is 91.4 cm³/mol. The van der Waals surface area contributed by atoms with Gasteiger partial charge in [0.15, 0.2) is 0 Å². The zero-order chi connectivity index (χ0) is 15.4. The highest BCUT2D eigenvalue weighted by Gasteiger charge is 2.17. The number of hydrogen-bond donors (Lipinski definition) is 0. The van der Waals surface area contributed by atoms with Crippen LogP contribution in [-0.4, -0.2) is 30.1 Å². The van der Waals surface area contributed by atoms with E-state index in [1.807, 2.05) is 0 Å². The van der Waals surface area contributed by atoms with E-state index < -0.39 is 0 Å². The second-order valence-electron chi connectivity index (χ2n) is 5.95. The Morgan fingerprint density at radius 1 is 1.18 bits per heavy atom. The summed E-state index contributed by atoms with van der Waals surface area (Å²) in [7, 11) is 2.10. The number of aromatic nitrogens is 2. The molecular weight excluding hydrogens is 272 g/mol. The number of rotatable bonds is 5. The average molecular weight is 296 g/mol. The number of anilines is 2. The SMILES string of the molecule is CCCCN(C)c1cc(N2CCc3ccccc3C2)ncn1. The van der Waals surface area contributed by atoms with Crippen LogP contribution >= 0.6 is 0 Å². The van der Waals surface area contributed by atoms with Crippen molar-refractivity contribution < 1.29 is 0 Å². The molecule has 0 unspecified atom stereocenters. The van der Waals surface area contributed by atoms with Gasteiger partial charge in [-0.3, -0.25) is 0 Å². The molecular formula is C18H24N4. The molecule has 0 bridgehead atoms. The van der Waals surface area contributed by atoms with E-state index in [-0.39, 0.29) is 0 Å². The number of unbranched alkanes of at least 4 members (excludes halogenated alkanes) is 1. The highest BCUT2D eigenvalue weighted by Crippen LogP contribution is 2.24. The van der Waals surface area contributed by atoms with Gasteiger partial charge in [0.2, 0.25) is 0 Å². The molecule has 0 radical (unpaired) electrons. The van der Waals surface area contributed by atoms with Crippen LogP contribution < -0.4 is 9.80 Å². The van der Waals surface area contributed by atoms with Gasteiger partial charge in [0, 0.05) is 32.7 Å². The minimum atomic E-state index is 0.936. The van der Waals surface area contributed by atoms with E-state index in [1.165, 1.54) is 24.0 Å². The number of fused-ring (bicyclic) bond motifs is 1. The molecule has 4 heteroatoms. The van der Waals surface area contributed by atoms with Gasteiger partial charge in [-0.1, -0.05) is 37.6 Å². The fraction of sp³-hybridized carbons (Fsp3) is 0.444. The Morgan fingerprint density at radius 2 is 2.00 bits per heavy atom. The maximum Gasteiger partial charge on any atom is 0.134 e. The molecule has 22 heavy (non-hydrogen) atoms. The smallest absolute Gasteiger partial charge is 0.134 e. The molecule has 0 saturated carbocycles. The molecule has 2 heterocycles. The zero-order valence-corrected chi connectivity index (χ0v) is 13.5.